The van der Waals surface area contributed by atoms with E-state index in [2.05, 4.69) is 0 Å². The molecular formula is C28H22N2O2S. The monoisotopic (exact) mass is 450 g/mol. The third-order valence-corrected chi connectivity index (χ3v) is 7.35. The van der Waals surface area contributed by atoms with E-state index >= 15 is 0 Å². The molecule has 0 radical (unpaired) electrons. The molecule has 0 atom stereocenters. The topological polar surface area (TPSA) is 52.0 Å². The van der Waals surface area contributed by atoms with Gasteiger partial charge in [0, 0.05) is 11.1 Å². The van der Waals surface area contributed by atoms with E-state index in [4.69, 9.17) is 5.10 Å². The maximum Gasteiger partial charge on any atom is 0.210 e. The van der Waals surface area contributed by atoms with Crippen LogP contribution >= 0.6 is 0 Å². The van der Waals surface area contributed by atoms with Crippen molar-refractivity contribution in [1.29, 1.82) is 0 Å². The van der Waals surface area contributed by atoms with E-state index < -0.39 is 9.84 Å². The maximum atomic E-state index is 14.1. The zero-order valence-electron chi connectivity index (χ0n) is 18.1. The van der Waals surface area contributed by atoms with Crippen LogP contribution < -0.4 is 0 Å². The number of rotatable bonds is 5. The van der Waals surface area contributed by atoms with Gasteiger partial charge in [-0.3, -0.25) is 0 Å². The molecule has 0 saturated carbocycles. The molecule has 0 aliphatic carbocycles. The lowest BCUT2D eigenvalue weighted by atomic mass is 10.1. The van der Waals surface area contributed by atoms with Crippen LogP contribution in [0.3, 0.4) is 0 Å². The second-order valence-corrected chi connectivity index (χ2v) is 9.71. The van der Waals surface area contributed by atoms with Crippen molar-refractivity contribution in [2.75, 3.05) is 0 Å². The van der Waals surface area contributed by atoms with Gasteiger partial charge in [-0.15, -0.1) is 0 Å². The van der Waals surface area contributed by atoms with Gasteiger partial charge in [-0.1, -0.05) is 96.6 Å². The minimum absolute atomic E-state index is 0.201. The lowest BCUT2D eigenvalue weighted by molar-refractivity contribution is 0.596. The molecule has 33 heavy (non-hydrogen) atoms. The number of hydrogen-bond acceptors (Lipinski definition) is 3. The van der Waals surface area contributed by atoms with Crippen LogP contribution in [-0.4, -0.2) is 18.2 Å². The Bertz CT molecular complexity index is 1490. The van der Waals surface area contributed by atoms with Crippen molar-refractivity contribution in [3.63, 3.8) is 0 Å². The molecule has 5 heteroatoms. The Morgan fingerprint density at radius 1 is 0.636 bits per heavy atom. The summed E-state index contributed by atoms with van der Waals surface area (Å²) in [4.78, 5) is 0.447. The molecular weight excluding hydrogens is 428 g/mol. The molecule has 0 saturated heterocycles. The Morgan fingerprint density at radius 3 is 1.73 bits per heavy atom. The fourth-order valence-electron chi connectivity index (χ4n) is 3.88. The third kappa shape index (κ3) is 3.88. The summed E-state index contributed by atoms with van der Waals surface area (Å²) in [5.41, 5.74) is 4.29. The standard InChI is InChI=1S/C28H22N2O2S/c1-21-17-19-25(20-18-21)33(31,32)28-26(22-11-5-2-6-12-22)29-30(24-15-9-4-10-16-24)27(28)23-13-7-3-8-14-23/h2-20H,1H3. The number of hydrogen-bond donors (Lipinski definition) is 0. The molecule has 0 aliphatic rings. The van der Waals surface area contributed by atoms with Crippen LogP contribution in [-0.2, 0) is 9.84 Å². The number of nitrogens with zero attached hydrogens (tertiary/aromatic N) is 2. The normalized spacial score (nSPS) is 11.4. The van der Waals surface area contributed by atoms with E-state index in [1.165, 1.54) is 0 Å². The number of benzene rings is 4. The highest BCUT2D eigenvalue weighted by molar-refractivity contribution is 7.91. The second-order valence-electron chi connectivity index (χ2n) is 7.82. The van der Waals surface area contributed by atoms with Gasteiger partial charge in [-0.05, 0) is 31.2 Å². The summed E-state index contributed by atoms with van der Waals surface area (Å²) in [7, 11) is -3.88. The smallest absolute Gasteiger partial charge is 0.210 e. The Labute approximate surface area is 193 Å². The number of sulfone groups is 1. The van der Waals surface area contributed by atoms with Gasteiger partial charge in [-0.2, -0.15) is 5.10 Å². The Hall–Kier alpha value is -3.96. The van der Waals surface area contributed by atoms with Gasteiger partial charge in [0.05, 0.1) is 16.3 Å². The molecule has 1 aromatic heterocycles. The van der Waals surface area contributed by atoms with Crippen molar-refractivity contribution in [2.45, 2.75) is 16.7 Å². The Morgan fingerprint density at radius 2 is 1.15 bits per heavy atom. The maximum absolute atomic E-state index is 14.1. The summed E-state index contributed by atoms with van der Waals surface area (Å²) in [6.45, 7) is 1.94. The lowest BCUT2D eigenvalue weighted by Crippen LogP contribution is -2.06. The Kier molecular flexibility index (Phi) is 5.40. The van der Waals surface area contributed by atoms with Gasteiger partial charge in [-0.25, -0.2) is 13.1 Å². The van der Waals surface area contributed by atoms with E-state index in [1.54, 1.807) is 16.8 Å². The molecule has 5 aromatic rings. The SMILES string of the molecule is Cc1ccc(S(=O)(=O)c2c(-c3ccccc3)nn(-c3ccccc3)c2-c2ccccc2)cc1. The number of aryl methyl sites for hydroxylation is 1. The zero-order chi connectivity index (χ0) is 22.8. The fourth-order valence-corrected chi connectivity index (χ4v) is 5.49. The molecule has 5 rings (SSSR count). The summed E-state index contributed by atoms with van der Waals surface area (Å²) in [6.07, 6.45) is 0. The summed E-state index contributed by atoms with van der Waals surface area (Å²) >= 11 is 0. The van der Waals surface area contributed by atoms with Crippen LogP contribution in [0.15, 0.2) is 125 Å². The van der Waals surface area contributed by atoms with Crippen LogP contribution in [0, 0.1) is 6.92 Å². The van der Waals surface area contributed by atoms with Crippen molar-refractivity contribution in [3.8, 4) is 28.2 Å². The molecule has 0 fully saturated rings. The second kappa shape index (κ2) is 8.52. The first-order chi connectivity index (χ1) is 16.1. The highest BCUT2D eigenvalue weighted by Gasteiger charge is 2.32. The van der Waals surface area contributed by atoms with Gasteiger partial charge in [0.25, 0.3) is 0 Å². The van der Waals surface area contributed by atoms with Crippen molar-refractivity contribution >= 4 is 9.84 Å². The molecule has 0 aliphatic heterocycles. The highest BCUT2D eigenvalue weighted by atomic mass is 32.2. The van der Waals surface area contributed by atoms with Crippen LogP contribution in [0.1, 0.15) is 5.56 Å². The van der Waals surface area contributed by atoms with Crippen molar-refractivity contribution in [1.82, 2.24) is 9.78 Å². The minimum Gasteiger partial charge on any atom is -0.231 e. The molecule has 0 bridgehead atoms. The molecule has 0 N–H and O–H groups in total. The summed E-state index contributed by atoms with van der Waals surface area (Å²) < 4.78 is 30.0. The van der Waals surface area contributed by atoms with Gasteiger partial charge in [0.2, 0.25) is 9.84 Å². The van der Waals surface area contributed by atoms with Crippen molar-refractivity contribution in [2.24, 2.45) is 0 Å². The molecule has 162 valence electrons. The van der Waals surface area contributed by atoms with Gasteiger partial charge >= 0.3 is 0 Å². The number of aromatic nitrogens is 2. The summed E-state index contributed by atoms with van der Waals surface area (Å²) in [6, 6.07) is 35.6. The van der Waals surface area contributed by atoms with E-state index in [0.29, 0.717) is 11.4 Å². The number of para-hydroxylation sites is 1. The largest absolute Gasteiger partial charge is 0.231 e. The molecule has 4 nitrogen and oxygen atoms in total. The first-order valence-corrected chi connectivity index (χ1v) is 12.1. The lowest BCUT2D eigenvalue weighted by Gasteiger charge is -2.11. The average molecular weight is 451 g/mol. The fraction of sp³-hybridized carbons (Fsp3) is 0.0357. The Balaban J connectivity index is 1.90. The van der Waals surface area contributed by atoms with E-state index in [1.807, 2.05) is 110 Å². The summed E-state index contributed by atoms with van der Waals surface area (Å²) in [5.74, 6) is 0. The van der Waals surface area contributed by atoms with E-state index in [0.717, 1.165) is 22.4 Å². The predicted octanol–water partition coefficient (Wildman–Crippen LogP) is 6.35. The van der Waals surface area contributed by atoms with Crippen LogP contribution in [0.25, 0.3) is 28.2 Å². The van der Waals surface area contributed by atoms with Gasteiger partial charge in [0.1, 0.15) is 10.6 Å². The highest BCUT2D eigenvalue weighted by Crippen LogP contribution is 2.40. The summed E-state index contributed by atoms with van der Waals surface area (Å²) in [5, 5.41) is 4.87. The molecule has 0 amide bonds. The molecule has 4 aromatic carbocycles. The van der Waals surface area contributed by atoms with E-state index in [-0.39, 0.29) is 9.79 Å². The molecule has 0 unspecified atom stereocenters. The quantitative estimate of drug-likeness (QED) is 0.314. The average Bonchev–Trinajstić information content (AvgIpc) is 3.28. The van der Waals surface area contributed by atoms with Crippen molar-refractivity contribution in [3.05, 3.63) is 121 Å². The first kappa shape index (κ1) is 20.9. The van der Waals surface area contributed by atoms with E-state index in [9.17, 15) is 8.42 Å². The molecule has 0 spiro atoms. The van der Waals surface area contributed by atoms with Gasteiger partial charge < -0.3 is 0 Å². The van der Waals surface area contributed by atoms with Crippen LogP contribution in [0.5, 0.6) is 0 Å². The first-order valence-electron chi connectivity index (χ1n) is 10.7. The van der Waals surface area contributed by atoms with Gasteiger partial charge in [0.15, 0.2) is 0 Å². The zero-order valence-corrected chi connectivity index (χ0v) is 18.9. The van der Waals surface area contributed by atoms with Crippen molar-refractivity contribution < 1.29 is 8.42 Å². The molecule has 1 heterocycles. The predicted molar refractivity (Wildman–Crippen MR) is 131 cm³/mol. The third-order valence-electron chi connectivity index (χ3n) is 5.54. The minimum atomic E-state index is -3.88. The van der Waals surface area contributed by atoms with Crippen LogP contribution in [0.4, 0.5) is 0 Å². The van der Waals surface area contributed by atoms with Crippen LogP contribution in [0.2, 0.25) is 0 Å².